The molecule has 3 amide bonds. The molecule has 9 nitrogen and oxygen atoms in total. The average molecular weight is 738 g/mol. The molecule has 0 saturated carbocycles. The molecule has 0 aromatic heterocycles. The van der Waals surface area contributed by atoms with Crippen LogP contribution in [0.1, 0.15) is 70.8 Å². The minimum atomic E-state index is -0.583. The average Bonchev–Trinajstić information content (AvgIpc) is 3.52. The van der Waals surface area contributed by atoms with Gasteiger partial charge in [-0.15, -0.1) is 0 Å². The van der Waals surface area contributed by atoms with Gasteiger partial charge in [-0.05, 0) is 107 Å². The molecule has 284 valence electrons. The van der Waals surface area contributed by atoms with Gasteiger partial charge in [-0.2, -0.15) is 0 Å². The summed E-state index contributed by atoms with van der Waals surface area (Å²) in [5.41, 5.74) is 10.2. The van der Waals surface area contributed by atoms with Crippen molar-refractivity contribution in [2.75, 3.05) is 57.3 Å². The fourth-order valence-electron chi connectivity index (χ4n) is 8.94. The zero-order valence-electron chi connectivity index (χ0n) is 31.8. The summed E-state index contributed by atoms with van der Waals surface area (Å²) in [6.45, 7) is 11.2. The summed E-state index contributed by atoms with van der Waals surface area (Å²) in [5.74, 6) is 0.239. The van der Waals surface area contributed by atoms with Gasteiger partial charge in [0.1, 0.15) is 11.8 Å². The van der Waals surface area contributed by atoms with E-state index in [4.69, 9.17) is 0 Å². The van der Waals surface area contributed by atoms with Crippen LogP contribution in [0, 0.1) is 5.92 Å². The molecule has 2 N–H and O–H groups in total. The lowest BCUT2D eigenvalue weighted by molar-refractivity contribution is -0.136. The Morgan fingerprint density at radius 3 is 2.20 bits per heavy atom. The van der Waals surface area contributed by atoms with Crippen LogP contribution in [0.2, 0.25) is 0 Å². The number of imide groups is 1. The molecule has 55 heavy (non-hydrogen) atoms. The molecule has 4 aromatic carbocycles. The number of piperazine rings is 1. The number of phenolic OH excluding ortho intramolecular Hbond substituents is 1. The summed E-state index contributed by atoms with van der Waals surface area (Å²) < 4.78 is 0. The highest BCUT2D eigenvalue weighted by Crippen LogP contribution is 2.36. The highest BCUT2D eigenvalue weighted by atomic mass is 16.3. The van der Waals surface area contributed by atoms with Crippen molar-refractivity contribution >= 4 is 34.6 Å². The molecule has 1 unspecified atom stereocenters. The number of nitrogens with one attached hydrogen (secondary N) is 1. The van der Waals surface area contributed by atoms with Crippen molar-refractivity contribution < 1.29 is 19.5 Å². The van der Waals surface area contributed by atoms with E-state index in [1.807, 2.05) is 24.3 Å². The fraction of sp³-hybridized carbons (Fsp3) is 0.370. The number of phenols is 1. The number of fused-ring (bicyclic) bond motifs is 1. The Morgan fingerprint density at radius 2 is 1.51 bits per heavy atom. The van der Waals surface area contributed by atoms with Gasteiger partial charge >= 0.3 is 0 Å². The largest absolute Gasteiger partial charge is 0.508 e. The lowest BCUT2D eigenvalue weighted by atomic mass is 9.87. The third kappa shape index (κ3) is 8.09. The number of amides is 3. The van der Waals surface area contributed by atoms with Gasteiger partial charge in [-0.25, -0.2) is 0 Å². The maximum Gasteiger partial charge on any atom is 0.255 e. The van der Waals surface area contributed by atoms with E-state index in [0.717, 1.165) is 81.3 Å². The number of allylic oxidation sites excluding steroid dienone is 1. The SMILES string of the molecule is CCC(=C(c1ccc(O)cc1)c1ccc(CCCN2CC(CN3CCN(c4ccc5c(c4)CN(C4CCC(=O)NC4=O)C5=O)CC3)C2)cc1)c1ccccc1. The van der Waals surface area contributed by atoms with Crippen LogP contribution in [0.4, 0.5) is 5.69 Å². The summed E-state index contributed by atoms with van der Waals surface area (Å²) in [4.78, 5) is 46.4. The highest BCUT2D eigenvalue weighted by Gasteiger charge is 2.39. The number of carbonyl (C=O) groups excluding carboxylic acids is 3. The molecular weight excluding hydrogens is 687 g/mol. The summed E-state index contributed by atoms with van der Waals surface area (Å²) in [6.07, 6.45) is 3.76. The van der Waals surface area contributed by atoms with Gasteiger partial charge in [0.15, 0.2) is 0 Å². The normalized spacial score (nSPS) is 19.9. The van der Waals surface area contributed by atoms with Crippen LogP contribution in [0.25, 0.3) is 11.1 Å². The molecule has 1 atom stereocenters. The summed E-state index contributed by atoms with van der Waals surface area (Å²) in [7, 11) is 0. The first-order valence-electron chi connectivity index (χ1n) is 20.0. The van der Waals surface area contributed by atoms with Gasteiger partial charge in [0.05, 0.1) is 0 Å². The van der Waals surface area contributed by atoms with Crippen molar-refractivity contribution in [1.29, 1.82) is 0 Å². The van der Waals surface area contributed by atoms with Crippen molar-refractivity contribution in [3.63, 3.8) is 0 Å². The van der Waals surface area contributed by atoms with Crippen LogP contribution in [-0.4, -0.2) is 95.9 Å². The van der Waals surface area contributed by atoms with Crippen LogP contribution in [-0.2, 0) is 22.6 Å². The molecule has 4 aliphatic heterocycles. The van der Waals surface area contributed by atoms with Crippen molar-refractivity contribution in [1.82, 2.24) is 20.0 Å². The number of hydrogen-bond acceptors (Lipinski definition) is 7. The minimum Gasteiger partial charge on any atom is -0.508 e. The third-order valence-electron chi connectivity index (χ3n) is 11.9. The number of carbonyl (C=O) groups is 3. The number of nitrogens with zero attached hydrogens (tertiary/aromatic N) is 4. The van der Waals surface area contributed by atoms with Gasteiger partial charge in [-0.1, -0.05) is 73.7 Å². The third-order valence-corrected chi connectivity index (χ3v) is 11.9. The number of hydrogen-bond donors (Lipinski definition) is 2. The van der Waals surface area contributed by atoms with E-state index in [-0.39, 0.29) is 29.9 Å². The summed E-state index contributed by atoms with van der Waals surface area (Å²) in [5, 5.41) is 12.3. The molecule has 4 heterocycles. The van der Waals surface area contributed by atoms with Crippen LogP contribution in [0.15, 0.2) is 97.1 Å². The number of likely N-dealkylation sites (tertiary alicyclic amines) is 1. The molecule has 3 fully saturated rings. The first-order valence-corrected chi connectivity index (χ1v) is 20.0. The molecule has 9 heteroatoms. The number of piperidine rings is 1. The number of anilines is 1. The number of rotatable bonds is 12. The van der Waals surface area contributed by atoms with Crippen LogP contribution >= 0.6 is 0 Å². The first kappa shape index (κ1) is 36.7. The molecule has 0 bridgehead atoms. The van der Waals surface area contributed by atoms with Crippen LogP contribution in [0.5, 0.6) is 5.75 Å². The Kier molecular flexibility index (Phi) is 10.8. The molecule has 3 saturated heterocycles. The molecule has 0 aliphatic carbocycles. The molecule has 0 radical (unpaired) electrons. The Labute approximate surface area is 324 Å². The smallest absolute Gasteiger partial charge is 0.255 e. The maximum absolute atomic E-state index is 13.1. The van der Waals surface area contributed by atoms with Gasteiger partial charge < -0.3 is 19.8 Å². The Bertz CT molecular complexity index is 2050. The van der Waals surface area contributed by atoms with Gasteiger partial charge in [0, 0.05) is 70.0 Å². The minimum absolute atomic E-state index is 0.122. The van der Waals surface area contributed by atoms with Crippen molar-refractivity contribution in [2.45, 2.75) is 51.6 Å². The first-order chi connectivity index (χ1) is 26.8. The van der Waals surface area contributed by atoms with Crippen LogP contribution in [0.3, 0.4) is 0 Å². The quantitative estimate of drug-likeness (QED) is 0.132. The van der Waals surface area contributed by atoms with E-state index >= 15 is 0 Å². The van der Waals surface area contributed by atoms with Crippen molar-refractivity contribution in [2.24, 2.45) is 5.92 Å². The second-order valence-electron chi connectivity index (χ2n) is 15.6. The predicted molar refractivity (Wildman–Crippen MR) is 217 cm³/mol. The number of aryl methyl sites for hydroxylation is 1. The van der Waals surface area contributed by atoms with Crippen LogP contribution < -0.4 is 10.2 Å². The summed E-state index contributed by atoms with van der Waals surface area (Å²) in [6, 6.07) is 32.7. The monoisotopic (exact) mass is 737 g/mol. The van der Waals surface area contributed by atoms with E-state index < -0.39 is 6.04 Å². The standard InChI is InChI=1S/C46H51N5O4/c1-2-40(34-8-4-3-5-9-34)44(36-14-17-39(52)18-15-36)35-12-10-32(11-13-35)7-6-22-49-29-33(30-49)28-48-23-25-50(26-24-48)38-16-19-41-37(27-38)31-51(46(41)55)42-20-21-43(53)47-45(42)54/h3-5,8-19,27,33,42,52H,2,6-7,20-26,28-31H2,1H3,(H,47,53,54). The number of benzene rings is 4. The van der Waals surface area contributed by atoms with Crippen molar-refractivity contribution in [3.8, 4) is 5.75 Å². The van der Waals surface area contributed by atoms with E-state index in [9.17, 15) is 19.5 Å². The van der Waals surface area contributed by atoms with E-state index in [2.05, 4.69) is 87.6 Å². The molecule has 4 aromatic rings. The predicted octanol–water partition coefficient (Wildman–Crippen LogP) is 6.21. The Morgan fingerprint density at radius 1 is 0.800 bits per heavy atom. The zero-order valence-corrected chi connectivity index (χ0v) is 31.8. The Balaban J connectivity index is 0.783. The van der Waals surface area contributed by atoms with Gasteiger partial charge in [-0.3, -0.25) is 24.6 Å². The van der Waals surface area contributed by atoms with E-state index in [1.54, 1.807) is 17.0 Å². The second kappa shape index (κ2) is 16.2. The number of aromatic hydroxyl groups is 1. The molecule has 4 aliphatic rings. The van der Waals surface area contributed by atoms with E-state index in [0.29, 0.717) is 18.5 Å². The summed E-state index contributed by atoms with van der Waals surface area (Å²) >= 11 is 0. The van der Waals surface area contributed by atoms with Gasteiger partial charge in [0.25, 0.3) is 5.91 Å². The highest BCUT2D eigenvalue weighted by molar-refractivity contribution is 6.05. The molecular formula is C46H51N5O4. The topological polar surface area (TPSA) is 96.4 Å². The second-order valence-corrected chi connectivity index (χ2v) is 15.6. The fourth-order valence-corrected chi connectivity index (χ4v) is 8.94. The van der Waals surface area contributed by atoms with E-state index in [1.165, 1.54) is 40.9 Å². The molecule has 0 spiro atoms. The maximum atomic E-state index is 13.1. The van der Waals surface area contributed by atoms with Gasteiger partial charge in [0.2, 0.25) is 11.8 Å². The Hall–Kier alpha value is -5.25. The lowest BCUT2D eigenvalue weighted by Crippen LogP contribution is -2.55. The van der Waals surface area contributed by atoms with Crippen molar-refractivity contribution in [3.05, 3.63) is 130 Å². The molecule has 8 rings (SSSR count). The lowest BCUT2D eigenvalue weighted by Gasteiger charge is -2.44. The zero-order chi connectivity index (χ0) is 37.9.